The van der Waals surface area contributed by atoms with Gasteiger partial charge in [0.1, 0.15) is 5.82 Å². The molecule has 3 aliphatic rings. The van der Waals surface area contributed by atoms with E-state index in [0.29, 0.717) is 32.3 Å². The van der Waals surface area contributed by atoms with Crippen molar-refractivity contribution < 1.29 is 13.2 Å². The van der Waals surface area contributed by atoms with Crippen molar-refractivity contribution in [1.29, 1.82) is 0 Å². The number of nitrogens with zero attached hydrogens (tertiary/aromatic N) is 7. The molecule has 11 nitrogen and oxygen atoms in total. The van der Waals surface area contributed by atoms with E-state index >= 15 is 0 Å². The minimum atomic E-state index is -3.20. The normalized spacial score (nSPS) is 22.2. The van der Waals surface area contributed by atoms with Crippen LogP contribution in [0, 0.1) is 0 Å². The largest absolute Gasteiger partial charge is 0.378 e. The van der Waals surface area contributed by atoms with Crippen molar-refractivity contribution in [3.63, 3.8) is 0 Å². The number of ether oxygens (including phenoxy) is 1. The van der Waals surface area contributed by atoms with Crippen LogP contribution in [-0.4, -0.2) is 90.9 Å². The Morgan fingerprint density at radius 3 is 2.52 bits per heavy atom. The summed E-state index contributed by atoms with van der Waals surface area (Å²) in [5.41, 5.74) is 8.33. The Labute approximate surface area is 181 Å². The first-order chi connectivity index (χ1) is 14.9. The van der Waals surface area contributed by atoms with E-state index in [1.54, 1.807) is 16.7 Å². The highest BCUT2D eigenvalue weighted by Gasteiger charge is 2.37. The molecule has 2 aromatic rings. The first-order valence-corrected chi connectivity index (χ1v) is 12.3. The Morgan fingerprint density at radius 1 is 1.10 bits per heavy atom. The number of sulfonamides is 1. The van der Waals surface area contributed by atoms with Gasteiger partial charge in [0.05, 0.1) is 25.2 Å². The van der Waals surface area contributed by atoms with E-state index in [4.69, 9.17) is 20.4 Å². The predicted octanol–water partition coefficient (Wildman–Crippen LogP) is -0.251. The Hall–Kier alpha value is -2.57. The summed E-state index contributed by atoms with van der Waals surface area (Å²) in [6.07, 6.45) is 6.22. The van der Waals surface area contributed by atoms with Gasteiger partial charge < -0.3 is 20.3 Å². The molecule has 5 heterocycles. The third-order valence-electron chi connectivity index (χ3n) is 6.12. The molecule has 31 heavy (non-hydrogen) atoms. The number of morpholine rings is 1. The van der Waals surface area contributed by atoms with Gasteiger partial charge in [-0.25, -0.2) is 27.7 Å². The van der Waals surface area contributed by atoms with Gasteiger partial charge in [-0.05, 0) is 12.8 Å². The number of nitrogen functional groups attached to an aromatic ring is 1. The van der Waals surface area contributed by atoms with E-state index in [1.807, 2.05) is 0 Å². The summed E-state index contributed by atoms with van der Waals surface area (Å²) in [4.78, 5) is 22.5. The molecule has 1 atom stereocenters. The van der Waals surface area contributed by atoms with Crippen molar-refractivity contribution in [2.24, 2.45) is 0 Å². The van der Waals surface area contributed by atoms with Gasteiger partial charge in [-0.2, -0.15) is 4.98 Å². The molecule has 0 bridgehead atoms. The summed E-state index contributed by atoms with van der Waals surface area (Å²) in [6.45, 7) is 4.52. The molecular weight excluding hydrogens is 420 g/mol. The topological polar surface area (TPSA) is 131 Å². The van der Waals surface area contributed by atoms with Gasteiger partial charge in [0.15, 0.2) is 0 Å². The Morgan fingerprint density at radius 2 is 1.84 bits per heavy atom. The predicted molar refractivity (Wildman–Crippen MR) is 116 cm³/mol. The minimum absolute atomic E-state index is 0.0962. The van der Waals surface area contributed by atoms with Crippen LogP contribution < -0.4 is 15.5 Å². The van der Waals surface area contributed by atoms with Crippen LogP contribution in [0.3, 0.4) is 0 Å². The van der Waals surface area contributed by atoms with Crippen molar-refractivity contribution in [2.75, 3.05) is 67.7 Å². The molecule has 0 spiro atoms. The molecule has 2 saturated heterocycles. The fraction of sp³-hybridized carbons (Fsp3) is 0.579. The van der Waals surface area contributed by atoms with Gasteiger partial charge in [0, 0.05) is 62.3 Å². The molecule has 0 amide bonds. The van der Waals surface area contributed by atoms with Gasteiger partial charge in [-0.15, -0.1) is 0 Å². The zero-order valence-electron chi connectivity index (χ0n) is 17.4. The molecule has 2 fully saturated rings. The van der Waals surface area contributed by atoms with E-state index in [-0.39, 0.29) is 12.0 Å². The third-order valence-corrected chi connectivity index (χ3v) is 7.39. The van der Waals surface area contributed by atoms with E-state index < -0.39 is 10.0 Å². The lowest BCUT2D eigenvalue weighted by Gasteiger charge is -2.30. The summed E-state index contributed by atoms with van der Waals surface area (Å²) in [6, 6.07) is 0.0962. The second-order valence-electron chi connectivity index (χ2n) is 8.11. The SMILES string of the molecule is CS(=O)(=O)N1CCC(N2CCc3c(-c4cnc(N)nc4)nc(N4CCOCC4)nc32)C1. The molecule has 5 rings (SSSR count). The van der Waals surface area contributed by atoms with Crippen LogP contribution in [0.2, 0.25) is 0 Å². The highest BCUT2D eigenvalue weighted by Crippen LogP contribution is 2.37. The highest BCUT2D eigenvalue weighted by atomic mass is 32.2. The number of hydrogen-bond acceptors (Lipinski definition) is 10. The Bertz CT molecular complexity index is 1070. The molecule has 2 N–H and O–H groups in total. The summed E-state index contributed by atoms with van der Waals surface area (Å²) < 4.78 is 31.0. The van der Waals surface area contributed by atoms with Gasteiger partial charge in [-0.3, -0.25) is 0 Å². The average molecular weight is 447 g/mol. The van der Waals surface area contributed by atoms with Gasteiger partial charge >= 0.3 is 0 Å². The minimum Gasteiger partial charge on any atom is -0.378 e. The number of rotatable bonds is 4. The summed E-state index contributed by atoms with van der Waals surface area (Å²) >= 11 is 0. The highest BCUT2D eigenvalue weighted by molar-refractivity contribution is 7.88. The van der Waals surface area contributed by atoms with Crippen LogP contribution in [0.4, 0.5) is 17.7 Å². The maximum absolute atomic E-state index is 12.0. The van der Waals surface area contributed by atoms with Crippen LogP contribution in [0.15, 0.2) is 12.4 Å². The van der Waals surface area contributed by atoms with E-state index in [2.05, 4.69) is 19.8 Å². The summed E-state index contributed by atoms with van der Waals surface area (Å²) in [5, 5.41) is 0. The van der Waals surface area contributed by atoms with Crippen molar-refractivity contribution in [3.8, 4) is 11.3 Å². The molecule has 1 unspecified atom stereocenters. The first kappa shape index (κ1) is 20.3. The van der Waals surface area contributed by atoms with Gasteiger partial charge in [0.2, 0.25) is 21.9 Å². The lowest BCUT2D eigenvalue weighted by atomic mass is 10.1. The maximum atomic E-state index is 12.0. The molecule has 12 heteroatoms. The lowest BCUT2D eigenvalue weighted by Crippen LogP contribution is -2.39. The average Bonchev–Trinajstić information content (AvgIpc) is 3.41. The molecular formula is C19H26N8O3S. The van der Waals surface area contributed by atoms with Crippen molar-refractivity contribution in [1.82, 2.24) is 24.2 Å². The van der Waals surface area contributed by atoms with Gasteiger partial charge in [-0.1, -0.05) is 0 Å². The first-order valence-electron chi connectivity index (χ1n) is 10.4. The second-order valence-corrected chi connectivity index (χ2v) is 10.1. The van der Waals surface area contributed by atoms with E-state index in [0.717, 1.165) is 55.1 Å². The van der Waals surface area contributed by atoms with E-state index in [1.165, 1.54) is 6.26 Å². The van der Waals surface area contributed by atoms with Crippen LogP contribution in [0.25, 0.3) is 11.3 Å². The van der Waals surface area contributed by atoms with Crippen LogP contribution in [-0.2, 0) is 21.2 Å². The molecule has 0 aliphatic carbocycles. The fourth-order valence-electron chi connectivity index (χ4n) is 4.49. The van der Waals surface area contributed by atoms with Crippen molar-refractivity contribution in [3.05, 3.63) is 18.0 Å². The Balaban J connectivity index is 1.54. The molecule has 3 aliphatic heterocycles. The number of anilines is 3. The maximum Gasteiger partial charge on any atom is 0.228 e. The van der Waals surface area contributed by atoms with Crippen LogP contribution >= 0.6 is 0 Å². The van der Waals surface area contributed by atoms with Crippen LogP contribution in [0.5, 0.6) is 0 Å². The number of fused-ring (bicyclic) bond motifs is 1. The monoisotopic (exact) mass is 446 g/mol. The lowest BCUT2D eigenvalue weighted by molar-refractivity contribution is 0.122. The molecule has 0 radical (unpaired) electrons. The number of nitrogens with two attached hydrogens (primary N) is 1. The van der Waals surface area contributed by atoms with Gasteiger partial charge in [0.25, 0.3) is 0 Å². The second kappa shape index (κ2) is 7.84. The van der Waals surface area contributed by atoms with E-state index in [9.17, 15) is 8.42 Å². The molecule has 166 valence electrons. The standard InChI is InChI=1S/C19H26N8O3S/c1-31(28,29)26-4-2-14(12-26)27-5-3-15-16(13-10-21-18(20)22-11-13)23-19(24-17(15)27)25-6-8-30-9-7-25/h10-11,14H,2-9,12H2,1H3,(H2,20,21,22). The van der Waals surface area contributed by atoms with Crippen molar-refractivity contribution in [2.45, 2.75) is 18.9 Å². The fourth-order valence-corrected chi connectivity index (χ4v) is 5.37. The smallest absolute Gasteiger partial charge is 0.228 e. The third kappa shape index (κ3) is 3.90. The molecule has 0 aromatic carbocycles. The van der Waals surface area contributed by atoms with Crippen molar-refractivity contribution >= 4 is 27.7 Å². The summed E-state index contributed by atoms with van der Waals surface area (Å²) in [5.74, 6) is 1.75. The zero-order valence-corrected chi connectivity index (χ0v) is 18.3. The number of hydrogen-bond donors (Lipinski definition) is 1. The Kier molecular flexibility index (Phi) is 5.15. The zero-order chi connectivity index (χ0) is 21.6. The number of aromatic nitrogens is 4. The summed E-state index contributed by atoms with van der Waals surface area (Å²) in [7, 11) is -3.20. The molecule has 2 aromatic heterocycles. The van der Waals surface area contributed by atoms with Crippen LogP contribution in [0.1, 0.15) is 12.0 Å². The quantitative estimate of drug-likeness (QED) is 0.671. The molecule has 0 saturated carbocycles.